The molecule has 2 saturated carbocycles. The average molecular weight is 280 g/mol. The molecule has 2 atom stereocenters. The van der Waals surface area contributed by atoms with Crippen molar-refractivity contribution in [3.05, 3.63) is 0 Å². The first-order valence-corrected chi connectivity index (χ1v) is 9.34. The minimum atomic E-state index is 0.739. The molecule has 2 nitrogen and oxygen atoms in total. The first kappa shape index (κ1) is 13.8. The quantitative estimate of drug-likeness (QED) is 0.780. The molecule has 1 N–H and O–H groups in total. The van der Waals surface area contributed by atoms with E-state index in [0.29, 0.717) is 0 Å². The van der Waals surface area contributed by atoms with Crippen LogP contribution in [-0.4, -0.2) is 23.5 Å². The topological polar surface area (TPSA) is 24.4 Å². The zero-order valence-corrected chi connectivity index (χ0v) is 12.9. The molecule has 0 amide bonds. The Labute approximate surface area is 122 Å². The van der Waals surface area contributed by atoms with Crippen LogP contribution >= 0.6 is 11.8 Å². The summed E-state index contributed by atoms with van der Waals surface area (Å²) in [6, 6.07) is 0.739. The first-order valence-electron chi connectivity index (χ1n) is 8.35. The summed E-state index contributed by atoms with van der Waals surface area (Å²) in [6.07, 6.45) is 14.3. The van der Waals surface area contributed by atoms with Gasteiger partial charge in [0.15, 0.2) is 5.17 Å². The Kier molecular flexibility index (Phi) is 5.09. The van der Waals surface area contributed by atoms with E-state index in [1.807, 2.05) is 11.8 Å². The highest BCUT2D eigenvalue weighted by atomic mass is 32.2. The largest absolute Gasteiger partial charge is 0.362 e. The lowest BCUT2D eigenvalue weighted by atomic mass is 9.86. The van der Waals surface area contributed by atoms with E-state index in [4.69, 9.17) is 4.99 Å². The van der Waals surface area contributed by atoms with Crippen LogP contribution in [0, 0.1) is 11.8 Å². The maximum absolute atomic E-state index is 4.80. The summed E-state index contributed by atoms with van der Waals surface area (Å²) in [7, 11) is 0. The van der Waals surface area contributed by atoms with Gasteiger partial charge in [0.1, 0.15) is 0 Å². The van der Waals surface area contributed by atoms with Crippen molar-refractivity contribution >= 4 is 16.9 Å². The summed E-state index contributed by atoms with van der Waals surface area (Å²) in [5.41, 5.74) is 0. The van der Waals surface area contributed by atoms with Crippen LogP contribution in [0.25, 0.3) is 0 Å². The van der Waals surface area contributed by atoms with Gasteiger partial charge in [0.25, 0.3) is 0 Å². The molecular formula is C16H28N2S. The van der Waals surface area contributed by atoms with Crippen molar-refractivity contribution in [1.29, 1.82) is 0 Å². The molecule has 1 heterocycles. The monoisotopic (exact) mass is 280 g/mol. The van der Waals surface area contributed by atoms with Crippen LogP contribution in [0.5, 0.6) is 0 Å². The van der Waals surface area contributed by atoms with E-state index < -0.39 is 0 Å². The van der Waals surface area contributed by atoms with Crippen LogP contribution in [0.4, 0.5) is 0 Å². The fourth-order valence-corrected chi connectivity index (χ4v) is 5.12. The average Bonchev–Trinajstić information content (AvgIpc) is 2.97. The number of fused-ring (bicyclic) bond motifs is 1. The third-order valence-corrected chi connectivity index (χ3v) is 6.27. The molecule has 108 valence electrons. The zero-order chi connectivity index (χ0) is 12.9. The number of thioether (sulfide) groups is 1. The lowest BCUT2D eigenvalue weighted by molar-refractivity contribution is 0.311. The molecule has 2 unspecified atom stereocenters. The Morgan fingerprint density at radius 2 is 1.84 bits per heavy atom. The van der Waals surface area contributed by atoms with E-state index in [1.165, 1.54) is 75.1 Å². The van der Waals surface area contributed by atoms with Crippen molar-refractivity contribution in [3.63, 3.8) is 0 Å². The third-order valence-electron chi connectivity index (χ3n) is 5.15. The SMILES string of the molecule is C1CCC(CCCN=C2NC3CCCCC3CS2)C1. The van der Waals surface area contributed by atoms with E-state index in [0.717, 1.165) is 24.4 Å². The third kappa shape index (κ3) is 3.90. The summed E-state index contributed by atoms with van der Waals surface area (Å²) in [5.74, 6) is 3.24. The fourth-order valence-electron chi connectivity index (χ4n) is 3.93. The highest BCUT2D eigenvalue weighted by molar-refractivity contribution is 8.13. The van der Waals surface area contributed by atoms with Gasteiger partial charge in [-0.15, -0.1) is 0 Å². The van der Waals surface area contributed by atoms with Crippen LogP contribution in [0.15, 0.2) is 4.99 Å². The molecule has 1 aliphatic heterocycles. The molecule has 3 fully saturated rings. The molecule has 0 aromatic carbocycles. The number of aliphatic imine (C=N–C) groups is 1. The van der Waals surface area contributed by atoms with Crippen molar-refractivity contribution in [1.82, 2.24) is 5.32 Å². The van der Waals surface area contributed by atoms with Gasteiger partial charge < -0.3 is 5.32 Å². The molecule has 0 radical (unpaired) electrons. The maximum atomic E-state index is 4.80. The van der Waals surface area contributed by atoms with Gasteiger partial charge in [0, 0.05) is 18.3 Å². The molecule has 1 saturated heterocycles. The van der Waals surface area contributed by atoms with Gasteiger partial charge in [0.05, 0.1) is 0 Å². The van der Waals surface area contributed by atoms with Gasteiger partial charge in [-0.25, -0.2) is 0 Å². The molecule has 0 spiro atoms. The standard InChI is InChI=1S/C16H28N2S/c1-2-7-13(6-1)8-5-11-17-16-18-15-10-4-3-9-14(15)12-19-16/h13-15H,1-12H2,(H,17,18). The second-order valence-electron chi connectivity index (χ2n) is 6.59. The molecule has 2 aliphatic carbocycles. The van der Waals surface area contributed by atoms with E-state index >= 15 is 0 Å². The molecule has 3 heteroatoms. The normalized spacial score (nSPS) is 34.2. The Morgan fingerprint density at radius 1 is 1.05 bits per heavy atom. The van der Waals surface area contributed by atoms with Crippen LogP contribution < -0.4 is 5.32 Å². The van der Waals surface area contributed by atoms with Gasteiger partial charge in [-0.3, -0.25) is 4.99 Å². The van der Waals surface area contributed by atoms with E-state index in [2.05, 4.69) is 5.32 Å². The molecule has 0 aromatic heterocycles. The smallest absolute Gasteiger partial charge is 0.156 e. The Hall–Kier alpha value is -0.180. The Morgan fingerprint density at radius 3 is 2.74 bits per heavy atom. The molecule has 3 rings (SSSR count). The van der Waals surface area contributed by atoms with Crippen molar-refractivity contribution in [3.8, 4) is 0 Å². The Balaban J connectivity index is 1.38. The maximum Gasteiger partial charge on any atom is 0.156 e. The minimum Gasteiger partial charge on any atom is -0.362 e. The lowest BCUT2D eigenvalue weighted by Gasteiger charge is -2.36. The number of amidine groups is 1. The highest BCUT2D eigenvalue weighted by Crippen LogP contribution is 2.32. The molecule has 19 heavy (non-hydrogen) atoms. The molecule has 0 bridgehead atoms. The fraction of sp³-hybridized carbons (Fsp3) is 0.938. The predicted molar refractivity (Wildman–Crippen MR) is 84.8 cm³/mol. The van der Waals surface area contributed by atoms with E-state index in [-0.39, 0.29) is 0 Å². The van der Waals surface area contributed by atoms with Gasteiger partial charge in [-0.1, -0.05) is 50.3 Å². The number of nitrogens with one attached hydrogen (secondary N) is 1. The minimum absolute atomic E-state index is 0.739. The highest BCUT2D eigenvalue weighted by Gasteiger charge is 2.30. The van der Waals surface area contributed by atoms with Gasteiger partial charge >= 0.3 is 0 Å². The summed E-state index contributed by atoms with van der Waals surface area (Å²) in [4.78, 5) is 4.80. The molecule has 3 aliphatic rings. The van der Waals surface area contributed by atoms with Crippen molar-refractivity contribution in [2.75, 3.05) is 12.3 Å². The van der Waals surface area contributed by atoms with Gasteiger partial charge in [-0.2, -0.15) is 0 Å². The summed E-state index contributed by atoms with van der Waals surface area (Å²) < 4.78 is 0. The Bertz CT molecular complexity index is 310. The van der Waals surface area contributed by atoms with Crippen molar-refractivity contribution < 1.29 is 0 Å². The van der Waals surface area contributed by atoms with Crippen molar-refractivity contribution in [2.45, 2.75) is 70.3 Å². The first-order chi connectivity index (χ1) is 9.42. The second kappa shape index (κ2) is 7.01. The van der Waals surface area contributed by atoms with Gasteiger partial charge in [-0.05, 0) is 37.5 Å². The van der Waals surface area contributed by atoms with Crippen LogP contribution in [0.1, 0.15) is 64.2 Å². The molecule has 0 aromatic rings. The zero-order valence-electron chi connectivity index (χ0n) is 12.1. The predicted octanol–water partition coefficient (Wildman–Crippen LogP) is 4.21. The van der Waals surface area contributed by atoms with E-state index in [9.17, 15) is 0 Å². The van der Waals surface area contributed by atoms with Crippen molar-refractivity contribution in [2.24, 2.45) is 16.8 Å². The van der Waals surface area contributed by atoms with Crippen LogP contribution in [0.2, 0.25) is 0 Å². The molecular weight excluding hydrogens is 252 g/mol. The number of rotatable bonds is 4. The summed E-state index contributed by atoms with van der Waals surface area (Å²) in [6.45, 7) is 1.04. The second-order valence-corrected chi connectivity index (χ2v) is 7.59. The number of nitrogens with zero attached hydrogens (tertiary/aromatic N) is 1. The number of hydrogen-bond donors (Lipinski definition) is 1. The summed E-state index contributed by atoms with van der Waals surface area (Å²) >= 11 is 1.97. The van der Waals surface area contributed by atoms with Crippen LogP contribution in [0.3, 0.4) is 0 Å². The van der Waals surface area contributed by atoms with Crippen LogP contribution in [-0.2, 0) is 0 Å². The lowest BCUT2D eigenvalue weighted by Crippen LogP contribution is -2.46. The van der Waals surface area contributed by atoms with E-state index in [1.54, 1.807) is 0 Å². The summed E-state index contributed by atoms with van der Waals surface area (Å²) in [5, 5.41) is 4.94. The van der Waals surface area contributed by atoms with Gasteiger partial charge in [0.2, 0.25) is 0 Å². The number of hydrogen-bond acceptors (Lipinski definition) is 2.